The molecule has 1 fully saturated rings. The summed E-state index contributed by atoms with van der Waals surface area (Å²) in [5.41, 5.74) is 0.144. The number of rotatable bonds is 2. The van der Waals surface area contributed by atoms with Crippen LogP contribution in [0.3, 0.4) is 0 Å². The fourth-order valence-corrected chi connectivity index (χ4v) is 1.97. The molecule has 0 aromatic carbocycles. The quantitative estimate of drug-likeness (QED) is 0.780. The molecule has 0 radical (unpaired) electrons. The number of aromatic nitrogens is 3. The summed E-state index contributed by atoms with van der Waals surface area (Å²) in [4.78, 5) is 7.98. The molecule has 0 N–H and O–H groups in total. The normalized spacial score (nSPS) is 22.4. The lowest BCUT2D eigenvalue weighted by atomic mass is 9.84. The van der Waals surface area contributed by atoms with Crippen molar-refractivity contribution in [2.24, 2.45) is 0 Å². The summed E-state index contributed by atoms with van der Waals surface area (Å²) in [6.45, 7) is 7.84. The molecule has 0 bridgehead atoms. The molecule has 0 spiro atoms. The molecule has 3 heterocycles. The zero-order valence-electron chi connectivity index (χ0n) is 15.0. The SMILES string of the molecule is [2H]c1nc([2H])n(-c2ccnc(B3OC(C)(C)C(C)(C)O3)c2)c1[2H]. The Hall–Kier alpha value is -1.66. The summed E-state index contributed by atoms with van der Waals surface area (Å²) in [5, 5.41) is 0. The van der Waals surface area contributed by atoms with Gasteiger partial charge in [0.05, 0.1) is 25.8 Å². The first-order valence-corrected chi connectivity index (χ1v) is 6.47. The molecule has 1 aliphatic heterocycles. The summed E-state index contributed by atoms with van der Waals surface area (Å²) in [6.07, 6.45) is 1.04. The highest BCUT2D eigenvalue weighted by atomic mass is 16.7. The van der Waals surface area contributed by atoms with E-state index in [0.29, 0.717) is 11.3 Å². The van der Waals surface area contributed by atoms with E-state index in [2.05, 4.69) is 9.97 Å². The van der Waals surface area contributed by atoms with Gasteiger partial charge in [0.25, 0.3) is 0 Å². The maximum atomic E-state index is 7.87. The zero-order chi connectivity index (χ0) is 17.0. The summed E-state index contributed by atoms with van der Waals surface area (Å²) in [7, 11) is -0.623. The molecule has 0 saturated carbocycles. The fourth-order valence-electron chi connectivity index (χ4n) is 1.97. The second kappa shape index (κ2) is 4.43. The molecule has 5 nitrogen and oxygen atoms in total. The van der Waals surface area contributed by atoms with Crippen molar-refractivity contribution >= 4 is 12.7 Å². The van der Waals surface area contributed by atoms with Crippen LogP contribution in [-0.2, 0) is 9.31 Å². The second-order valence-corrected chi connectivity index (χ2v) is 5.80. The van der Waals surface area contributed by atoms with Crippen molar-refractivity contribution in [2.75, 3.05) is 0 Å². The van der Waals surface area contributed by atoms with Crippen LogP contribution in [0.1, 0.15) is 31.8 Å². The predicted octanol–water partition coefficient (Wildman–Crippen LogP) is 1.57. The van der Waals surface area contributed by atoms with Gasteiger partial charge in [-0.2, -0.15) is 0 Å². The topological polar surface area (TPSA) is 49.2 Å². The van der Waals surface area contributed by atoms with Gasteiger partial charge < -0.3 is 13.9 Å². The van der Waals surface area contributed by atoms with Gasteiger partial charge in [0.2, 0.25) is 0 Å². The number of nitrogens with zero attached hydrogens (tertiary/aromatic N) is 3. The van der Waals surface area contributed by atoms with E-state index in [1.165, 1.54) is 4.57 Å². The molecule has 0 unspecified atom stereocenters. The lowest BCUT2D eigenvalue weighted by Gasteiger charge is -2.32. The predicted molar refractivity (Wildman–Crippen MR) is 77.1 cm³/mol. The van der Waals surface area contributed by atoms with Gasteiger partial charge in [-0.3, -0.25) is 4.98 Å². The molecule has 1 saturated heterocycles. The van der Waals surface area contributed by atoms with Crippen LogP contribution in [0.5, 0.6) is 0 Å². The third-order valence-electron chi connectivity index (χ3n) is 3.89. The van der Waals surface area contributed by atoms with E-state index in [9.17, 15) is 0 Å². The summed E-state index contributed by atoms with van der Waals surface area (Å²) >= 11 is 0. The highest BCUT2D eigenvalue weighted by Gasteiger charge is 2.52. The van der Waals surface area contributed by atoms with Gasteiger partial charge in [-0.05, 0) is 39.8 Å². The average molecular weight is 274 g/mol. The Balaban J connectivity index is 1.99. The first kappa shape index (κ1) is 10.1. The largest absolute Gasteiger partial charge is 0.514 e. The van der Waals surface area contributed by atoms with Crippen LogP contribution in [-0.4, -0.2) is 32.9 Å². The van der Waals surface area contributed by atoms with Gasteiger partial charge in [0.15, 0.2) is 0 Å². The van der Waals surface area contributed by atoms with Gasteiger partial charge in [-0.15, -0.1) is 0 Å². The van der Waals surface area contributed by atoms with E-state index in [1.807, 2.05) is 27.7 Å². The Morgan fingerprint density at radius 3 is 2.55 bits per heavy atom. The maximum Gasteiger partial charge on any atom is 0.514 e. The molecular formula is C14H18BN3O2. The molecule has 104 valence electrons. The highest BCUT2D eigenvalue weighted by Crippen LogP contribution is 2.36. The van der Waals surface area contributed by atoms with E-state index < -0.39 is 18.3 Å². The molecule has 2 aromatic heterocycles. The summed E-state index contributed by atoms with van der Waals surface area (Å²) < 4.78 is 36.4. The van der Waals surface area contributed by atoms with Crippen LogP contribution >= 0.6 is 0 Å². The van der Waals surface area contributed by atoms with Crippen molar-refractivity contribution < 1.29 is 13.4 Å². The van der Waals surface area contributed by atoms with E-state index in [4.69, 9.17) is 13.4 Å². The number of pyridine rings is 1. The second-order valence-electron chi connectivity index (χ2n) is 5.80. The standard InChI is InChI=1S/C14H18BN3O2/c1-13(2)14(3,4)20-15(19-13)12-9-11(5-6-17-12)18-8-7-16-10-18/h5-10H,1-4H3/i7D,8D,10D. The van der Waals surface area contributed by atoms with Crippen LogP contribution in [0.2, 0.25) is 0 Å². The number of hydrogen-bond acceptors (Lipinski definition) is 4. The van der Waals surface area contributed by atoms with E-state index in [0.717, 1.165) is 0 Å². The Kier molecular flexibility index (Phi) is 2.24. The highest BCUT2D eigenvalue weighted by molar-refractivity contribution is 6.61. The molecule has 3 rings (SSSR count). The first-order chi connectivity index (χ1) is 10.6. The van der Waals surface area contributed by atoms with Crippen LogP contribution in [0.25, 0.3) is 5.69 Å². The van der Waals surface area contributed by atoms with Gasteiger partial charge in [0.1, 0.15) is 1.37 Å². The van der Waals surface area contributed by atoms with Crippen LogP contribution in [0, 0.1) is 0 Å². The fraction of sp³-hybridized carbons (Fsp3) is 0.429. The van der Waals surface area contributed by atoms with Crippen molar-refractivity contribution in [3.05, 3.63) is 37.0 Å². The minimum Gasteiger partial charge on any atom is -0.398 e. The summed E-state index contributed by atoms with van der Waals surface area (Å²) in [6, 6.07) is 3.35. The Bertz CT molecular complexity index is 748. The van der Waals surface area contributed by atoms with E-state index >= 15 is 0 Å². The minimum absolute atomic E-state index is 0.138. The average Bonchev–Trinajstić information content (AvgIpc) is 2.83. The third kappa shape index (κ3) is 2.15. The van der Waals surface area contributed by atoms with Gasteiger partial charge >= 0.3 is 7.12 Å². The van der Waals surface area contributed by atoms with E-state index in [1.54, 1.807) is 18.3 Å². The minimum atomic E-state index is -0.623. The van der Waals surface area contributed by atoms with Crippen LogP contribution in [0.4, 0.5) is 0 Å². The Morgan fingerprint density at radius 1 is 1.25 bits per heavy atom. The third-order valence-corrected chi connectivity index (χ3v) is 3.89. The van der Waals surface area contributed by atoms with Gasteiger partial charge in [0, 0.05) is 24.2 Å². The van der Waals surface area contributed by atoms with Gasteiger partial charge in [-0.25, -0.2) is 4.98 Å². The Labute approximate surface area is 123 Å². The van der Waals surface area contributed by atoms with Crippen LogP contribution < -0.4 is 5.59 Å². The molecule has 1 aliphatic rings. The molecule has 2 aromatic rings. The molecule has 0 atom stereocenters. The van der Waals surface area contributed by atoms with Gasteiger partial charge in [-0.1, -0.05) is 0 Å². The number of hydrogen-bond donors (Lipinski definition) is 0. The molecular weight excluding hydrogens is 253 g/mol. The summed E-state index contributed by atoms with van der Waals surface area (Å²) in [5.74, 6) is 0. The lowest BCUT2D eigenvalue weighted by Crippen LogP contribution is -2.41. The first-order valence-electron chi connectivity index (χ1n) is 7.97. The van der Waals surface area contributed by atoms with Crippen molar-refractivity contribution in [1.29, 1.82) is 0 Å². The Morgan fingerprint density at radius 2 is 1.95 bits per heavy atom. The van der Waals surface area contributed by atoms with Crippen LogP contribution in [0.15, 0.2) is 37.0 Å². The smallest absolute Gasteiger partial charge is 0.398 e. The van der Waals surface area contributed by atoms with Crippen molar-refractivity contribution in [3.8, 4) is 5.69 Å². The lowest BCUT2D eigenvalue weighted by molar-refractivity contribution is 0.00578. The molecule has 20 heavy (non-hydrogen) atoms. The zero-order valence-corrected chi connectivity index (χ0v) is 12.0. The molecule has 0 aliphatic carbocycles. The molecule has 6 heteroatoms. The van der Waals surface area contributed by atoms with Crippen molar-refractivity contribution in [1.82, 2.24) is 14.5 Å². The maximum absolute atomic E-state index is 7.87. The monoisotopic (exact) mass is 274 g/mol. The molecule has 0 amide bonds. The number of imidazole rings is 1. The van der Waals surface area contributed by atoms with Crippen molar-refractivity contribution in [2.45, 2.75) is 38.9 Å². The van der Waals surface area contributed by atoms with E-state index in [-0.39, 0.29) is 18.6 Å². The van der Waals surface area contributed by atoms with Crippen molar-refractivity contribution in [3.63, 3.8) is 0 Å².